The van der Waals surface area contributed by atoms with Crippen molar-refractivity contribution in [3.63, 3.8) is 0 Å². The predicted molar refractivity (Wildman–Crippen MR) is 47.6 cm³/mol. The molecule has 0 aliphatic carbocycles. The van der Waals surface area contributed by atoms with Gasteiger partial charge in [-0.1, -0.05) is 0 Å². The quantitative estimate of drug-likeness (QED) is 0.283. The third-order valence-electron chi connectivity index (χ3n) is 2.21. The van der Waals surface area contributed by atoms with Crippen molar-refractivity contribution in [1.29, 1.82) is 0 Å². The van der Waals surface area contributed by atoms with Crippen LogP contribution < -0.4 is 5.84 Å². The van der Waals surface area contributed by atoms with E-state index in [-0.39, 0.29) is 5.54 Å². The van der Waals surface area contributed by atoms with Gasteiger partial charge in [-0.25, -0.2) is 0 Å². The number of nitrogens with two attached hydrogens (primary N) is 1. The first-order valence-corrected chi connectivity index (χ1v) is 4.04. The molecule has 2 N–H and O–H groups in total. The normalized spacial score (nSPS) is 20.5. The predicted octanol–water partition coefficient (Wildman–Crippen LogP) is 0.805. The minimum Gasteiger partial charge on any atom is -0.323 e. The van der Waals surface area contributed by atoms with Crippen LogP contribution in [0, 0.1) is 0 Å². The average molecular weight is 155 g/mol. The second kappa shape index (κ2) is 2.81. The summed E-state index contributed by atoms with van der Waals surface area (Å²) in [6, 6.07) is 0. The second-order valence-electron chi connectivity index (χ2n) is 3.84. The Morgan fingerprint density at radius 3 is 2.45 bits per heavy atom. The molecule has 1 heterocycles. The highest BCUT2D eigenvalue weighted by molar-refractivity contribution is 5.82. The van der Waals surface area contributed by atoms with Gasteiger partial charge < -0.3 is 5.84 Å². The second-order valence-corrected chi connectivity index (χ2v) is 3.84. The third kappa shape index (κ3) is 2.19. The van der Waals surface area contributed by atoms with Crippen LogP contribution >= 0.6 is 0 Å². The first-order chi connectivity index (χ1) is 5.06. The van der Waals surface area contributed by atoms with Crippen LogP contribution in [0.3, 0.4) is 0 Å². The fourth-order valence-corrected chi connectivity index (χ4v) is 1.44. The van der Waals surface area contributed by atoms with E-state index < -0.39 is 0 Å². The molecule has 1 rings (SSSR count). The van der Waals surface area contributed by atoms with Crippen molar-refractivity contribution in [2.75, 3.05) is 13.1 Å². The Bertz CT molecular complexity index is 168. The first-order valence-electron chi connectivity index (χ1n) is 4.04. The number of rotatable bonds is 3. The molecule has 1 aliphatic rings. The van der Waals surface area contributed by atoms with Gasteiger partial charge in [0.15, 0.2) is 0 Å². The highest BCUT2D eigenvalue weighted by Crippen LogP contribution is 2.25. The molecular formula is C8H17N3. The lowest BCUT2D eigenvalue weighted by Crippen LogP contribution is -2.32. The van der Waals surface area contributed by atoms with Gasteiger partial charge in [-0.05, 0) is 20.8 Å². The summed E-state index contributed by atoms with van der Waals surface area (Å²) in [6.07, 6.45) is 0.976. The van der Waals surface area contributed by atoms with Crippen molar-refractivity contribution in [3.05, 3.63) is 0 Å². The van der Waals surface area contributed by atoms with Crippen molar-refractivity contribution in [2.24, 2.45) is 10.9 Å². The molecule has 0 unspecified atom stereocenters. The zero-order valence-corrected chi connectivity index (χ0v) is 7.59. The molecule has 0 radical (unpaired) electrons. The van der Waals surface area contributed by atoms with E-state index in [9.17, 15) is 0 Å². The maximum Gasteiger partial charge on any atom is 0.0363 e. The van der Waals surface area contributed by atoms with Crippen molar-refractivity contribution < 1.29 is 0 Å². The van der Waals surface area contributed by atoms with Crippen LogP contribution in [0.1, 0.15) is 27.2 Å². The molecule has 11 heavy (non-hydrogen) atoms. The average Bonchev–Trinajstić information content (AvgIpc) is 2.66. The third-order valence-corrected chi connectivity index (χ3v) is 2.21. The van der Waals surface area contributed by atoms with E-state index in [4.69, 9.17) is 5.84 Å². The Labute approximate surface area is 68.3 Å². The Morgan fingerprint density at radius 2 is 2.09 bits per heavy atom. The van der Waals surface area contributed by atoms with Crippen LogP contribution in [0.4, 0.5) is 0 Å². The van der Waals surface area contributed by atoms with E-state index in [0.717, 1.165) is 12.1 Å². The topological polar surface area (TPSA) is 41.4 Å². The molecule has 1 fully saturated rings. The summed E-state index contributed by atoms with van der Waals surface area (Å²) in [6.45, 7) is 8.89. The Morgan fingerprint density at radius 1 is 1.55 bits per heavy atom. The lowest BCUT2D eigenvalue weighted by molar-refractivity contribution is 0.291. The summed E-state index contributed by atoms with van der Waals surface area (Å²) in [4.78, 5) is 2.42. The molecule has 0 saturated carbocycles. The van der Waals surface area contributed by atoms with E-state index in [1.807, 2.05) is 6.92 Å². The zero-order chi connectivity index (χ0) is 8.48. The van der Waals surface area contributed by atoms with Gasteiger partial charge in [0.1, 0.15) is 0 Å². The largest absolute Gasteiger partial charge is 0.323 e. The van der Waals surface area contributed by atoms with Gasteiger partial charge in [0.2, 0.25) is 0 Å². The van der Waals surface area contributed by atoms with Gasteiger partial charge in [-0.2, -0.15) is 5.10 Å². The van der Waals surface area contributed by atoms with E-state index in [2.05, 4.69) is 23.8 Å². The number of nitrogens with zero attached hydrogens (tertiary/aromatic N) is 2. The molecule has 0 atom stereocenters. The maximum absolute atomic E-state index is 5.17. The highest BCUT2D eigenvalue weighted by atomic mass is 15.3. The van der Waals surface area contributed by atoms with E-state index in [1.165, 1.54) is 13.1 Å². The van der Waals surface area contributed by atoms with Gasteiger partial charge in [-0.15, -0.1) is 0 Å². The summed E-state index contributed by atoms with van der Waals surface area (Å²) in [7, 11) is 0. The van der Waals surface area contributed by atoms with Gasteiger partial charge in [-0.3, -0.25) is 4.90 Å². The molecule has 1 aliphatic heterocycles. The Balaban J connectivity index is 2.45. The summed E-state index contributed by atoms with van der Waals surface area (Å²) in [5.74, 6) is 5.17. The van der Waals surface area contributed by atoms with E-state index in [1.54, 1.807) is 0 Å². The van der Waals surface area contributed by atoms with Crippen LogP contribution in [0.2, 0.25) is 0 Å². The summed E-state index contributed by atoms with van der Waals surface area (Å²) >= 11 is 0. The molecule has 0 bridgehead atoms. The van der Waals surface area contributed by atoms with Crippen LogP contribution in [0.15, 0.2) is 5.10 Å². The van der Waals surface area contributed by atoms with Crippen LogP contribution in [-0.4, -0.2) is 29.2 Å². The zero-order valence-electron chi connectivity index (χ0n) is 7.59. The van der Waals surface area contributed by atoms with Crippen LogP contribution in [0.25, 0.3) is 0 Å². The van der Waals surface area contributed by atoms with E-state index >= 15 is 0 Å². The SMILES string of the molecule is CC(CC(C)(C)N1CC1)=NN. The summed E-state index contributed by atoms with van der Waals surface area (Å²) in [5, 5.41) is 3.67. The fraction of sp³-hybridized carbons (Fsp3) is 0.875. The molecule has 0 aromatic carbocycles. The van der Waals surface area contributed by atoms with Gasteiger partial charge in [0.25, 0.3) is 0 Å². The van der Waals surface area contributed by atoms with Crippen LogP contribution in [0.5, 0.6) is 0 Å². The van der Waals surface area contributed by atoms with Crippen LogP contribution in [-0.2, 0) is 0 Å². The molecule has 3 heteroatoms. The highest BCUT2D eigenvalue weighted by Gasteiger charge is 2.34. The van der Waals surface area contributed by atoms with E-state index in [0.29, 0.717) is 0 Å². The lowest BCUT2D eigenvalue weighted by atomic mass is 9.98. The van der Waals surface area contributed by atoms with Crippen molar-refractivity contribution in [2.45, 2.75) is 32.7 Å². The monoisotopic (exact) mass is 155 g/mol. The fourth-order valence-electron chi connectivity index (χ4n) is 1.44. The first kappa shape index (κ1) is 8.53. The number of hydrogen-bond acceptors (Lipinski definition) is 3. The minimum absolute atomic E-state index is 0.257. The number of hydrogen-bond donors (Lipinski definition) is 1. The Hall–Kier alpha value is -0.570. The number of hydrazone groups is 1. The molecule has 3 nitrogen and oxygen atoms in total. The van der Waals surface area contributed by atoms with Gasteiger partial charge >= 0.3 is 0 Å². The molecule has 0 amide bonds. The van der Waals surface area contributed by atoms with Crippen molar-refractivity contribution in [1.82, 2.24) is 4.90 Å². The van der Waals surface area contributed by atoms with Gasteiger partial charge in [0.05, 0.1) is 0 Å². The lowest BCUT2D eigenvalue weighted by Gasteiger charge is -2.25. The molecule has 0 aromatic heterocycles. The molecular weight excluding hydrogens is 138 g/mol. The summed E-state index contributed by atoms with van der Waals surface area (Å²) < 4.78 is 0. The maximum atomic E-state index is 5.17. The van der Waals surface area contributed by atoms with Gasteiger partial charge in [0, 0.05) is 30.8 Å². The molecule has 0 aromatic rings. The Kier molecular flexibility index (Phi) is 2.18. The smallest absolute Gasteiger partial charge is 0.0363 e. The van der Waals surface area contributed by atoms with Crippen molar-refractivity contribution >= 4 is 5.71 Å². The molecule has 64 valence electrons. The minimum atomic E-state index is 0.257. The summed E-state index contributed by atoms with van der Waals surface area (Å²) in [5.41, 5.74) is 1.29. The standard InChI is InChI=1S/C8H17N3/c1-7(10-9)6-8(2,3)11-4-5-11/h4-6,9H2,1-3H3. The van der Waals surface area contributed by atoms with Crippen molar-refractivity contribution in [3.8, 4) is 0 Å². The molecule has 0 spiro atoms. The molecule has 1 saturated heterocycles.